The first-order chi connectivity index (χ1) is 11.2. The molecule has 0 atom stereocenters. The Hall–Kier alpha value is -2.57. The molecule has 0 saturated carbocycles. The second-order valence-electron chi connectivity index (χ2n) is 5.16. The zero-order valence-electron chi connectivity index (χ0n) is 12.7. The predicted molar refractivity (Wildman–Crippen MR) is 85.2 cm³/mol. The molecule has 0 bridgehead atoms. The van der Waals surface area contributed by atoms with Gasteiger partial charge in [-0.2, -0.15) is 5.10 Å². The van der Waals surface area contributed by atoms with E-state index in [2.05, 4.69) is 15.1 Å². The van der Waals surface area contributed by atoms with Gasteiger partial charge in [-0.15, -0.1) is 0 Å². The minimum Gasteiger partial charge on any atom is -0.350 e. The summed E-state index contributed by atoms with van der Waals surface area (Å²) >= 11 is 0. The fraction of sp³-hybridized carbons (Fsp3) is 0.312. The SMILES string of the molecule is CCCN(CC(F)F)c1ncnc2c1cnn2-c1ccccc1. The molecule has 1 aromatic carbocycles. The molecular formula is C16H17F2N5. The van der Waals surface area contributed by atoms with Crippen molar-refractivity contribution in [2.24, 2.45) is 0 Å². The lowest BCUT2D eigenvalue weighted by molar-refractivity contribution is 0.154. The lowest BCUT2D eigenvalue weighted by Gasteiger charge is -2.22. The molecule has 3 rings (SSSR count). The van der Waals surface area contributed by atoms with Crippen molar-refractivity contribution < 1.29 is 8.78 Å². The Balaban J connectivity index is 2.07. The van der Waals surface area contributed by atoms with Gasteiger partial charge >= 0.3 is 0 Å². The van der Waals surface area contributed by atoms with Crippen LogP contribution in [-0.2, 0) is 0 Å². The fourth-order valence-electron chi connectivity index (χ4n) is 2.56. The number of alkyl halides is 2. The lowest BCUT2D eigenvalue weighted by Crippen LogP contribution is -2.30. The summed E-state index contributed by atoms with van der Waals surface area (Å²) in [5, 5.41) is 5.02. The summed E-state index contributed by atoms with van der Waals surface area (Å²) in [5.41, 5.74) is 1.47. The maximum absolute atomic E-state index is 12.9. The smallest absolute Gasteiger partial charge is 0.255 e. The van der Waals surface area contributed by atoms with E-state index in [1.165, 1.54) is 6.33 Å². The first-order valence-corrected chi connectivity index (χ1v) is 7.48. The highest BCUT2D eigenvalue weighted by Crippen LogP contribution is 2.25. The van der Waals surface area contributed by atoms with E-state index in [4.69, 9.17) is 0 Å². The third-order valence-electron chi connectivity index (χ3n) is 3.50. The molecule has 2 heterocycles. The molecule has 0 N–H and O–H groups in total. The molecule has 0 aliphatic rings. The highest BCUT2D eigenvalue weighted by molar-refractivity contribution is 5.87. The number of para-hydroxylation sites is 1. The summed E-state index contributed by atoms with van der Waals surface area (Å²) in [4.78, 5) is 10.1. The summed E-state index contributed by atoms with van der Waals surface area (Å²) in [7, 11) is 0. The number of aromatic nitrogens is 4. The third-order valence-corrected chi connectivity index (χ3v) is 3.50. The van der Waals surface area contributed by atoms with Crippen LogP contribution in [0.4, 0.5) is 14.6 Å². The Morgan fingerprint density at radius 2 is 1.96 bits per heavy atom. The van der Waals surface area contributed by atoms with Crippen LogP contribution in [0.15, 0.2) is 42.9 Å². The van der Waals surface area contributed by atoms with Gasteiger partial charge in [0.2, 0.25) is 0 Å². The zero-order valence-corrected chi connectivity index (χ0v) is 12.7. The van der Waals surface area contributed by atoms with Gasteiger partial charge in [-0.1, -0.05) is 25.1 Å². The van der Waals surface area contributed by atoms with Crippen LogP contribution in [0.2, 0.25) is 0 Å². The largest absolute Gasteiger partial charge is 0.350 e. The maximum atomic E-state index is 12.9. The molecule has 0 spiro atoms. The number of rotatable bonds is 6. The van der Waals surface area contributed by atoms with Crippen LogP contribution in [-0.4, -0.2) is 39.3 Å². The standard InChI is InChI=1S/C16H17F2N5/c1-2-8-22(10-14(17)18)15-13-9-21-23(16(13)20-11-19-15)12-6-4-3-5-7-12/h3-7,9,11,14H,2,8,10H2,1H3. The van der Waals surface area contributed by atoms with Gasteiger partial charge in [-0.05, 0) is 18.6 Å². The molecule has 0 aliphatic carbocycles. The summed E-state index contributed by atoms with van der Waals surface area (Å²) in [6.07, 6.45) is 1.36. The van der Waals surface area contributed by atoms with Gasteiger partial charge in [-0.25, -0.2) is 23.4 Å². The average molecular weight is 317 g/mol. The Bertz CT molecular complexity index is 772. The fourth-order valence-corrected chi connectivity index (χ4v) is 2.56. The van der Waals surface area contributed by atoms with Crippen molar-refractivity contribution in [2.75, 3.05) is 18.0 Å². The lowest BCUT2D eigenvalue weighted by atomic mass is 10.3. The maximum Gasteiger partial charge on any atom is 0.255 e. The quantitative estimate of drug-likeness (QED) is 0.700. The molecule has 0 aliphatic heterocycles. The van der Waals surface area contributed by atoms with Gasteiger partial charge in [0.25, 0.3) is 6.43 Å². The van der Waals surface area contributed by atoms with Crippen LogP contribution in [0.1, 0.15) is 13.3 Å². The second kappa shape index (κ2) is 6.68. The second-order valence-corrected chi connectivity index (χ2v) is 5.16. The molecule has 2 aromatic heterocycles. The van der Waals surface area contributed by atoms with Crippen LogP contribution in [0.3, 0.4) is 0 Å². The van der Waals surface area contributed by atoms with Gasteiger partial charge in [-0.3, -0.25) is 0 Å². The Kier molecular flexibility index (Phi) is 4.45. The van der Waals surface area contributed by atoms with Crippen molar-refractivity contribution in [3.8, 4) is 5.69 Å². The van der Waals surface area contributed by atoms with E-state index in [0.717, 1.165) is 12.1 Å². The normalized spacial score (nSPS) is 11.3. The van der Waals surface area contributed by atoms with Crippen LogP contribution in [0, 0.1) is 0 Å². The number of nitrogens with zero attached hydrogens (tertiary/aromatic N) is 5. The van der Waals surface area contributed by atoms with E-state index in [0.29, 0.717) is 23.4 Å². The minimum absolute atomic E-state index is 0.351. The van der Waals surface area contributed by atoms with E-state index < -0.39 is 6.43 Å². The van der Waals surface area contributed by atoms with E-state index >= 15 is 0 Å². The summed E-state index contributed by atoms with van der Waals surface area (Å²) in [5.74, 6) is 0.499. The number of hydrogen-bond acceptors (Lipinski definition) is 4. The van der Waals surface area contributed by atoms with Gasteiger partial charge in [0, 0.05) is 6.54 Å². The first kappa shape index (κ1) is 15.3. The molecule has 5 nitrogen and oxygen atoms in total. The molecule has 0 radical (unpaired) electrons. The highest BCUT2D eigenvalue weighted by Gasteiger charge is 2.18. The van der Waals surface area contributed by atoms with Crippen molar-refractivity contribution in [1.29, 1.82) is 0 Å². The van der Waals surface area contributed by atoms with Crippen LogP contribution in [0.25, 0.3) is 16.7 Å². The molecule has 0 amide bonds. The molecule has 7 heteroatoms. The average Bonchev–Trinajstić information content (AvgIpc) is 2.99. The summed E-state index contributed by atoms with van der Waals surface area (Å²) in [6, 6.07) is 9.56. The van der Waals surface area contributed by atoms with Gasteiger partial charge in [0.1, 0.15) is 12.1 Å². The topological polar surface area (TPSA) is 46.8 Å². The molecule has 0 unspecified atom stereocenters. The van der Waals surface area contributed by atoms with Crippen LogP contribution >= 0.6 is 0 Å². The monoisotopic (exact) mass is 317 g/mol. The Morgan fingerprint density at radius 1 is 1.17 bits per heavy atom. The third kappa shape index (κ3) is 3.13. The highest BCUT2D eigenvalue weighted by atomic mass is 19.3. The number of anilines is 1. The Labute approximate surface area is 132 Å². The van der Waals surface area contributed by atoms with Crippen LogP contribution in [0.5, 0.6) is 0 Å². The van der Waals surface area contributed by atoms with Gasteiger partial charge in [0.15, 0.2) is 5.65 Å². The van der Waals surface area contributed by atoms with E-state index in [1.807, 2.05) is 37.3 Å². The zero-order chi connectivity index (χ0) is 16.2. The van der Waals surface area contributed by atoms with Gasteiger partial charge < -0.3 is 4.90 Å². The van der Waals surface area contributed by atoms with Crippen molar-refractivity contribution >= 4 is 16.9 Å². The summed E-state index contributed by atoms with van der Waals surface area (Å²) < 4.78 is 27.4. The molecule has 0 fully saturated rings. The summed E-state index contributed by atoms with van der Waals surface area (Å²) in [6.45, 7) is 2.10. The number of halogens is 2. The van der Waals surface area contributed by atoms with E-state index in [1.54, 1.807) is 15.8 Å². The molecule has 3 aromatic rings. The van der Waals surface area contributed by atoms with Crippen molar-refractivity contribution in [3.05, 3.63) is 42.9 Å². The molecular weight excluding hydrogens is 300 g/mol. The van der Waals surface area contributed by atoms with Crippen LogP contribution < -0.4 is 4.90 Å². The predicted octanol–water partition coefficient (Wildman–Crippen LogP) is 3.30. The number of fused-ring (bicyclic) bond motifs is 1. The molecule has 120 valence electrons. The van der Waals surface area contributed by atoms with Crippen molar-refractivity contribution in [3.63, 3.8) is 0 Å². The van der Waals surface area contributed by atoms with Gasteiger partial charge in [0.05, 0.1) is 23.8 Å². The number of hydrogen-bond donors (Lipinski definition) is 0. The van der Waals surface area contributed by atoms with Crippen molar-refractivity contribution in [2.45, 2.75) is 19.8 Å². The van der Waals surface area contributed by atoms with Crippen molar-refractivity contribution in [1.82, 2.24) is 19.7 Å². The van der Waals surface area contributed by atoms with E-state index in [9.17, 15) is 8.78 Å². The Morgan fingerprint density at radius 3 is 2.65 bits per heavy atom. The van der Waals surface area contributed by atoms with E-state index in [-0.39, 0.29) is 6.54 Å². The minimum atomic E-state index is -2.42. The number of benzene rings is 1. The molecule has 0 saturated heterocycles. The molecule has 23 heavy (non-hydrogen) atoms. The first-order valence-electron chi connectivity index (χ1n) is 7.48.